The van der Waals surface area contributed by atoms with E-state index in [1.54, 1.807) is 23.9 Å². The topological polar surface area (TPSA) is 68.3 Å². The third-order valence-corrected chi connectivity index (χ3v) is 5.35. The first-order valence-electron chi connectivity index (χ1n) is 6.25. The molecule has 0 spiro atoms. The Balaban J connectivity index is 3.18. The summed E-state index contributed by atoms with van der Waals surface area (Å²) in [5.74, 6) is 0. The zero-order valence-electron chi connectivity index (χ0n) is 11.5. The summed E-state index contributed by atoms with van der Waals surface area (Å²) in [6.45, 7) is 6.58. The van der Waals surface area contributed by atoms with E-state index in [4.69, 9.17) is 5.73 Å². The van der Waals surface area contributed by atoms with Gasteiger partial charge in [-0.2, -0.15) is 4.31 Å². The summed E-state index contributed by atoms with van der Waals surface area (Å²) in [6, 6.07) is 1.65. The average Bonchev–Trinajstić information content (AvgIpc) is 2.71. The summed E-state index contributed by atoms with van der Waals surface area (Å²) in [7, 11) is -1.61. The van der Waals surface area contributed by atoms with E-state index in [1.807, 2.05) is 20.8 Å². The Morgan fingerprint density at radius 3 is 2.44 bits per heavy atom. The van der Waals surface area contributed by atoms with Crippen LogP contribution in [0.15, 0.2) is 17.2 Å². The monoisotopic (exact) mass is 273 g/mol. The fourth-order valence-electron chi connectivity index (χ4n) is 1.98. The smallest absolute Gasteiger partial charge is 0.244 e. The molecule has 0 saturated heterocycles. The molecule has 1 rings (SSSR count). The lowest BCUT2D eigenvalue weighted by Crippen LogP contribution is -2.37. The summed E-state index contributed by atoms with van der Waals surface area (Å²) in [4.78, 5) is 0.326. The van der Waals surface area contributed by atoms with Crippen LogP contribution in [0.3, 0.4) is 0 Å². The van der Waals surface area contributed by atoms with Gasteiger partial charge < -0.3 is 10.3 Å². The van der Waals surface area contributed by atoms with Crippen molar-refractivity contribution in [1.29, 1.82) is 0 Å². The summed E-state index contributed by atoms with van der Waals surface area (Å²) < 4.78 is 28.3. The van der Waals surface area contributed by atoms with Gasteiger partial charge in [-0.3, -0.25) is 0 Å². The van der Waals surface area contributed by atoms with Crippen LogP contribution in [0.1, 0.15) is 32.9 Å². The highest BCUT2D eigenvalue weighted by Crippen LogP contribution is 2.21. The van der Waals surface area contributed by atoms with Crippen molar-refractivity contribution in [2.45, 2.75) is 44.7 Å². The van der Waals surface area contributed by atoms with Crippen molar-refractivity contribution in [3.05, 3.63) is 18.0 Å². The Labute approximate surface area is 110 Å². The van der Waals surface area contributed by atoms with Gasteiger partial charge in [0.25, 0.3) is 0 Å². The number of hydrogen-bond acceptors (Lipinski definition) is 3. The van der Waals surface area contributed by atoms with Crippen molar-refractivity contribution in [2.24, 2.45) is 12.8 Å². The van der Waals surface area contributed by atoms with Gasteiger partial charge in [0.05, 0.1) is 0 Å². The molecule has 0 aliphatic carbocycles. The Morgan fingerprint density at radius 1 is 1.44 bits per heavy atom. The molecule has 104 valence electrons. The third-order valence-electron chi connectivity index (χ3n) is 3.29. The molecule has 5 nitrogen and oxygen atoms in total. The predicted molar refractivity (Wildman–Crippen MR) is 72.6 cm³/mol. The van der Waals surface area contributed by atoms with Crippen molar-refractivity contribution < 1.29 is 8.42 Å². The molecule has 0 bridgehead atoms. The number of rotatable bonds is 6. The molecular formula is C12H23N3O2S. The maximum Gasteiger partial charge on any atom is 0.244 e. The highest BCUT2D eigenvalue weighted by Gasteiger charge is 2.28. The minimum atomic E-state index is -3.42. The number of aromatic nitrogens is 1. The van der Waals surface area contributed by atoms with Gasteiger partial charge in [-0.05, 0) is 19.4 Å². The summed E-state index contributed by atoms with van der Waals surface area (Å²) >= 11 is 0. The summed E-state index contributed by atoms with van der Waals surface area (Å²) in [5.41, 5.74) is 6.39. The maximum absolute atomic E-state index is 12.5. The summed E-state index contributed by atoms with van der Waals surface area (Å²) in [6.07, 6.45) is 2.42. The van der Waals surface area contributed by atoms with Crippen LogP contribution in [0.5, 0.6) is 0 Å². The largest absolute Gasteiger partial charge is 0.352 e. The number of nitrogens with zero attached hydrogens (tertiary/aromatic N) is 2. The molecule has 0 fully saturated rings. The molecule has 0 amide bonds. The zero-order chi connectivity index (χ0) is 13.9. The number of aryl methyl sites for hydroxylation is 1. The lowest BCUT2D eigenvalue weighted by molar-refractivity contribution is 0.342. The van der Waals surface area contributed by atoms with Crippen LogP contribution in [0.4, 0.5) is 0 Å². The molecule has 6 heteroatoms. The number of nitrogens with two attached hydrogens (primary N) is 1. The Morgan fingerprint density at radius 2 is 2.06 bits per heavy atom. The number of sulfonamides is 1. The molecule has 0 aliphatic rings. The lowest BCUT2D eigenvalue weighted by Gasteiger charge is -2.25. The summed E-state index contributed by atoms with van der Waals surface area (Å²) in [5, 5.41) is 0. The van der Waals surface area contributed by atoms with Crippen LogP contribution in [-0.2, 0) is 23.6 Å². The third kappa shape index (κ3) is 2.76. The van der Waals surface area contributed by atoms with Crippen LogP contribution < -0.4 is 5.73 Å². The average molecular weight is 273 g/mol. The Bertz CT molecular complexity index is 493. The normalized spacial score (nSPS) is 14.1. The van der Waals surface area contributed by atoms with Gasteiger partial charge in [-0.15, -0.1) is 0 Å². The second-order valence-corrected chi connectivity index (χ2v) is 6.34. The van der Waals surface area contributed by atoms with Crippen LogP contribution >= 0.6 is 0 Å². The van der Waals surface area contributed by atoms with Gasteiger partial charge in [0, 0.05) is 38.1 Å². The highest BCUT2D eigenvalue weighted by molar-refractivity contribution is 7.89. The van der Waals surface area contributed by atoms with E-state index in [2.05, 4.69) is 0 Å². The first-order valence-corrected chi connectivity index (χ1v) is 7.69. The molecule has 18 heavy (non-hydrogen) atoms. The SMILES string of the molecule is CCC(C)N(CC)S(=O)(=O)c1cc(CN)n(C)c1. The highest BCUT2D eigenvalue weighted by atomic mass is 32.2. The quantitative estimate of drug-likeness (QED) is 0.849. The van der Waals surface area contributed by atoms with Crippen molar-refractivity contribution in [2.75, 3.05) is 6.54 Å². The van der Waals surface area contributed by atoms with Crippen LogP contribution in [-0.4, -0.2) is 29.9 Å². The van der Waals surface area contributed by atoms with Gasteiger partial charge in [0.15, 0.2) is 0 Å². The van der Waals surface area contributed by atoms with Crippen LogP contribution in [0, 0.1) is 0 Å². The second-order valence-electron chi connectivity index (χ2n) is 4.45. The standard InChI is InChI=1S/C12H23N3O2S/c1-5-10(3)15(6-2)18(16,17)12-7-11(8-13)14(4)9-12/h7,9-10H,5-6,8,13H2,1-4H3. The Kier molecular flexibility index (Phi) is 4.95. The van der Waals surface area contributed by atoms with E-state index in [9.17, 15) is 8.42 Å². The van der Waals surface area contributed by atoms with Crippen molar-refractivity contribution >= 4 is 10.0 Å². The first kappa shape index (κ1) is 15.2. The van der Waals surface area contributed by atoms with Crippen LogP contribution in [0.25, 0.3) is 0 Å². The van der Waals surface area contributed by atoms with E-state index in [0.717, 1.165) is 12.1 Å². The van der Waals surface area contributed by atoms with E-state index in [-0.39, 0.29) is 6.04 Å². The van der Waals surface area contributed by atoms with E-state index >= 15 is 0 Å². The fraction of sp³-hybridized carbons (Fsp3) is 0.667. The Hall–Kier alpha value is -0.850. The van der Waals surface area contributed by atoms with Gasteiger partial charge in [-0.25, -0.2) is 8.42 Å². The molecule has 1 aromatic rings. The molecule has 0 saturated carbocycles. The van der Waals surface area contributed by atoms with Gasteiger partial charge in [-0.1, -0.05) is 13.8 Å². The molecule has 1 aromatic heterocycles. The van der Waals surface area contributed by atoms with E-state index in [0.29, 0.717) is 18.0 Å². The van der Waals surface area contributed by atoms with E-state index in [1.165, 1.54) is 4.31 Å². The lowest BCUT2D eigenvalue weighted by atomic mass is 10.3. The molecule has 1 atom stereocenters. The molecule has 2 N–H and O–H groups in total. The van der Waals surface area contributed by atoms with Crippen molar-refractivity contribution in [1.82, 2.24) is 8.87 Å². The van der Waals surface area contributed by atoms with E-state index < -0.39 is 10.0 Å². The molecule has 1 heterocycles. The second kappa shape index (κ2) is 5.86. The van der Waals surface area contributed by atoms with Gasteiger partial charge in [0.2, 0.25) is 10.0 Å². The first-order chi connectivity index (χ1) is 8.38. The zero-order valence-corrected chi connectivity index (χ0v) is 12.4. The molecule has 0 aliphatic heterocycles. The maximum atomic E-state index is 12.5. The predicted octanol–water partition coefficient (Wildman–Crippen LogP) is 1.29. The molecule has 1 unspecified atom stereocenters. The molecule has 0 aromatic carbocycles. The minimum absolute atomic E-state index is 0.00142. The van der Waals surface area contributed by atoms with Gasteiger partial charge in [0.1, 0.15) is 4.90 Å². The van der Waals surface area contributed by atoms with Crippen LogP contribution in [0.2, 0.25) is 0 Å². The van der Waals surface area contributed by atoms with Gasteiger partial charge >= 0.3 is 0 Å². The number of hydrogen-bond donors (Lipinski definition) is 1. The minimum Gasteiger partial charge on any atom is -0.352 e. The van der Waals surface area contributed by atoms with Crippen molar-refractivity contribution in [3.63, 3.8) is 0 Å². The molecule has 0 radical (unpaired) electrons. The van der Waals surface area contributed by atoms with Crippen molar-refractivity contribution in [3.8, 4) is 0 Å². The molecular weight excluding hydrogens is 250 g/mol. The fourth-order valence-corrected chi connectivity index (χ4v) is 3.79.